The molecular formula is C12H11Cl2NO2. The predicted octanol–water partition coefficient (Wildman–Crippen LogP) is 2.47. The van der Waals surface area contributed by atoms with Gasteiger partial charge in [-0.3, -0.25) is 4.79 Å². The monoisotopic (exact) mass is 271 g/mol. The van der Waals surface area contributed by atoms with Gasteiger partial charge < -0.3 is 10.0 Å². The van der Waals surface area contributed by atoms with Crippen LogP contribution in [0.15, 0.2) is 34.3 Å². The van der Waals surface area contributed by atoms with Gasteiger partial charge in [0.25, 0.3) is 5.91 Å². The Morgan fingerprint density at radius 2 is 1.88 bits per heavy atom. The van der Waals surface area contributed by atoms with E-state index in [9.17, 15) is 4.79 Å². The van der Waals surface area contributed by atoms with Crippen LogP contribution >= 0.6 is 23.2 Å². The van der Waals surface area contributed by atoms with Gasteiger partial charge in [-0.15, -0.1) is 0 Å². The number of carbonyl (C=O) groups excluding carboxylic acids is 1. The Morgan fingerprint density at radius 1 is 1.24 bits per heavy atom. The quantitative estimate of drug-likeness (QED) is 0.918. The summed E-state index contributed by atoms with van der Waals surface area (Å²) < 4.78 is 0. The number of phenols is 1. The SMILES string of the molecule is O=C1C(Cl)=C(Cl)CN1CCc1ccc(O)cc1. The van der Waals surface area contributed by atoms with Crippen LogP contribution in [-0.4, -0.2) is 29.0 Å². The van der Waals surface area contributed by atoms with Gasteiger partial charge in [0.1, 0.15) is 10.8 Å². The second kappa shape index (κ2) is 4.98. The Bertz CT molecular complexity index is 468. The summed E-state index contributed by atoms with van der Waals surface area (Å²) in [5.41, 5.74) is 1.05. The predicted molar refractivity (Wildman–Crippen MR) is 67.1 cm³/mol. The van der Waals surface area contributed by atoms with E-state index in [1.54, 1.807) is 17.0 Å². The van der Waals surface area contributed by atoms with Crippen molar-refractivity contribution < 1.29 is 9.90 Å². The number of phenolic OH excluding ortho intramolecular Hbond substituents is 1. The highest BCUT2D eigenvalue weighted by molar-refractivity contribution is 6.49. The summed E-state index contributed by atoms with van der Waals surface area (Å²) in [6, 6.07) is 6.90. The van der Waals surface area contributed by atoms with Gasteiger partial charge in [0, 0.05) is 6.54 Å². The molecular weight excluding hydrogens is 261 g/mol. The van der Waals surface area contributed by atoms with E-state index in [0.717, 1.165) is 5.56 Å². The largest absolute Gasteiger partial charge is 0.508 e. The van der Waals surface area contributed by atoms with Crippen molar-refractivity contribution in [2.75, 3.05) is 13.1 Å². The highest BCUT2D eigenvalue weighted by atomic mass is 35.5. The third-order valence-electron chi connectivity index (χ3n) is 2.65. The van der Waals surface area contributed by atoms with Crippen molar-refractivity contribution >= 4 is 29.1 Å². The van der Waals surface area contributed by atoms with Crippen LogP contribution in [0.25, 0.3) is 0 Å². The van der Waals surface area contributed by atoms with E-state index in [-0.39, 0.29) is 16.7 Å². The number of rotatable bonds is 3. The molecule has 1 aromatic carbocycles. The number of benzene rings is 1. The summed E-state index contributed by atoms with van der Waals surface area (Å²) in [5, 5.41) is 9.67. The molecule has 1 N–H and O–H groups in total. The summed E-state index contributed by atoms with van der Waals surface area (Å²) in [6.45, 7) is 0.952. The molecule has 1 aliphatic heterocycles. The van der Waals surface area contributed by atoms with Crippen LogP contribution in [0.2, 0.25) is 0 Å². The highest BCUT2D eigenvalue weighted by Crippen LogP contribution is 2.25. The second-order valence-electron chi connectivity index (χ2n) is 3.86. The second-order valence-corrected chi connectivity index (χ2v) is 4.70. The molecule has 0 spiro atoms. The fourth-order valence-electron chi connectivity index (χ4n) is 1.67. The van der Waals surface area contributed by atoms with Crippen molar-refractivity contribution in [3.05, 3.63) is 39.9 Å². The highest BCUT2D eigenvalue weighted by Gasteiger charge is 2.27. The van der Waals surface area contributed by atoms with Crippen molar-refractivity contribution in [2.45, 2.75) is 6.42 Å². The van der Waals surface area contributed by atoms with Crippen LogP contribution in [-0.2, 0) is 11.2 Å². The molecule has 90 valence electrons. The first-order chi connectivity index (χ1) is 8.08. The number of hydrogen-bond acceptors (Lipinski definition) is 2. The minimum atomic E-state index is -0.213. The first-order valence-electron chi connectivity index (χ1n) is 5.19. The molecule has 0 radical (unpaired) electrons. The Labute approximate surface area is 109 Å². The zero-order valence-electron chi connectivity index (χ0n) is 8.99. The van der Waals surface area contributed by atoms with Gasteiger partial charge in [0.2, 0.25) is 0 Å². The maximum atomic E-state index is 11.6. The fourth-order valence-corrected chi connectivity index (χ4v) is 2.08. The molecule has 1 aliphatic rings. The lowest BCUT2D eigenvalue weighted by molar-refractivity contribution is -0.124. The van der Waals surface area contributed by atoms with Crippen molar-refractivity contribution in [1.82, 2.24) is 4.90 Å². The Hall–Kier alpha value is -1.19. The minimum absolute atomic E-state index is 0.123. The zero-order chi connectivity index (χ0) is 12.4. The molecule has 0 fully saturated rings. The number of amides is 1. The van der Waals surface area contributed by atoms with Crippen LogP contribution < -0.4 is 0 Å². The lowest BCUT2D eigenvalue weighted by Gasteiger charge is -2.15. The fraction of sp³-hybridized carbons (Fsp3) is 0.250. The minimum Gasteiger partial charge on any atom is -0.508 e. The molecule has 1 heterocycles. The number of carbonyl (C=O) groups is 1. The third-order valence-corrected chi connectivity index (χ3v) is 3.44. The molecule has 1 amide bonds. The van der Waals surface area contributed by atoms with Gasteiger partial charge in [-0.1, -0.05) is 35.3 Å². The van der Waals surface area contributed by atoms with E-state index >= 15 is 0 Å². The maximum absolute atomic E-state index is 11.6. The number of halogens is 2. The lowest BCUT2D eigenvalue weighted by Crippen LogP contribution is -2.28. The molecule has 0 aromatic heterocycles. The van der Waals surface area contributed by atoms with Crippen molar-refractivity contribution in [2.24, 2.45) is 0 Å². The zero-order valence-corrected chi connectivity index (χ0v) is 10.5. The van der Waals surface area contributed by atoms with Crippen LogP contribution in [0.5, 0.6) is 5.75 Å². The van der Waals surface area contributed by atoms with Gasteiger partial charge in [-0.05, 0) is 24.1 Å². The molecule has 2 rings (SSSR count). The average Bonchev–Trinajstić information content (AvgIpc) is 2.56. The van der Waals surface area contributed by atoms with E-state index in [0.29, 0.717) is 24.5 Å². The molecule has 0 aliphatic carbocycles. The molecule has 0 unspecified atom stereocenters. The smallest absolute Gasteiger partial charge is 0.266 e. The molecule has 0 atom stereocenters. The van der Waals surface area contributed by atoms with Crippen LogP contribution in [0, 0.1) is 0 Å². The first kappa shape index (κ1) is 12.3. The number of hydrogen-bond donors (Lipinski definition) is 1. The van der Waals surface area contributed by atoms with E-state index in [1.807, 2.05) is 12.1 Å². The molecule has 1 aromatic rings. The van der Waals surface area contributed by atoms with Gasteiger partial charge in [0.15, 0.2) is 0 Å². The Kier molecular flexibility index (Phi) is 3.60. The number of aromatic hydroxyl groups is 1. The average molecular weight is 272 g/mol. The maximum Gasteiger partial charge on any atom is 0.266 e. The summed E-state index contributed by atoms with van der Waals surface area (Å²) in [6.07, 6.45) is 0.709. The molecule has 17 heavy (non-hydrogen) atoms. The van der Waals surface area contributed by atoms with Crippen LogP contribution in [0.3, 0.4) is 0 Å². The topological polar surface area (TPSA) is 40.5 Å². The molecule has 0 saturated heterocycles. The normalized spacial score (nSPS) is 15.9. The standard InChI is InChI=1S/C12H11Cl2NO2/c13-10-7-15(12(17)11(10)14)6-5-8-1-3-9(16)4-2-8/h1-4,16H,5-7H2. The van der Waals surface area contributed by atoms with Crippen molar-refractivity contribution in [3.63, 3.8) is 0 Å². The summed E-state index contributed by atoms with van der Waals surface area (Å²) in [4.78, 5) is 13.2. The van der Waals surface area contributed by atoms with E-state index in [2.05, 4.69) is 0 Å². The van der Waals surface area contributed by atoms with Gasteiger partial charge in [-0.25, -0.2) is 0 Å². The Morgan fingerprint density at radius 3 is 2.41 bits per heavy atom. The first-order valence-corrected chi connectivity index (χ1v) is 5.95. The molecule has 5 heteroatoms. The molecule has 0 saturated carbocycles. The van der Waals surface area contributed by atoms with Crippen LogP contribution in [0.4, 0.5) is 0 Å². The molecule has 0 bridgehead atoms. The summed E-state index contributed by atoms with van der Waals surface area (Å²) >= 11 is 11.5. The third kappa shape index (κ3) is 2.73. The van der Waals surface area contributed by atoms with Crippen LogP contribution in [0.1, 0.15) is 5.56 Å². The molecule has 3 nitrogen and oxygen atoms in total. The van der Waals surface area contributed by atoms with E-state index in [4.69, 9.17) is 28.3 Å². The van der Waals surface area contributed by atoms with E-state index < -0.39 is 0 Å². The lowest BCUT2D eigenvalue weighted by atomic mass is 10.1. The van der Waals surface area contributed by atoms with Crippen molar-refractivity contribution in [3.8, 4) is 5.75 Å². The Balaban J connectivity index is 1.92. The van der Waals surface area contributed by atoms with E-state index in [1.165, 1.54) is 0 Å². The van der Waals surface area contributed by atoms with Gasteiger partial charge in [0.05, 0.1) is 11.6 Å². The number of nitrogens with zero attached hydrogens (tertiary/aromatic N) is 1. The summed E-state index contributed by atoms with van der Waals surface area (Å²) in [5.74, 6) is 0.0224. The van der Waals surface area contributed by atoms with Gasteiger partial charge >= 0.3 is 0 Å². The van der Waals surface area contributed by atoms with Gasteiger partial charge in [-0.2, -0.15) is 0 Å². The summed E-state index contributed by atoms with van der Waals surface area (Å²) in [7, 11) is 0. The van der Waals surface area contributed by atoms with Crippen molar-refractivity contribution in [1.29, 1.82) is 0 Å².